The molecule has 2 radical (unpaired) electrons. The van der Waals surface area contributed by atoms with Crippen molar-refractivity contribution in [2.45, 2.75) is 209 Å². The van der Waals surface area contributed by atoms with Gasteiger partial charge in [0.05, 0.1) is 0 Å². The summed E-state index contributed by atoms with van der Waals surface area (Å²) in [6, 6.07) is 0. The van der Waals surface area contributed by atoms with Crippen LogP contribution in [0.25, 0.3) is 0 Å². The number of hydrogen-bond acceptors (Lipinski definition) is 5. The number of carbonyl (C=O) groups excluding carboxylic acids is 1. The molecule has 0 fully saturated rings. The van der Waals surface area contributed by atoms with Gasteiger partial charge in [0.25, 0.3) is 0 Å². The van der Waals surface area contributed by atoms with Gasteiger partial charge in [0.15, 0.2) is 0 Å². The van der Waals surface area contributed by atoms with Crippen molar-refractivity contribution < 1.29 is 85.5 Å². The third-order valence-corrected chi connectivity index (χ3v) is 7.60. The molecule has 3 N–H and O–H groups in total. The molecule has 0 aromatic carbocycles. The molecule has 0 aliphatic heterocycles. The molecule has 3 unspecified atom stereocenters. The molecular formula is C41H81O4S2Si2Y2-3. The third-order valence-electron chi connectivity index (χ3n) is 5.84. The van der Waals surface area contributed by atoms with E-state index in [-0.39, 0.29) is 99.8 Å². The van der Waals surface area contributed by atoms with Crippen LogP contribution in [-0.4, -0.2) is 56.1 Å². The Balaban J connectivity index is -0.0000000514. The van der Waals surface area contributed by atoms with Crippen LogP contribution in [0.15, 0.2) is 0 Å². The Morgan fingerprint density at radius 1 is 0.588 bits per heavy atom. The molecule has 0 saturated heterocycles. The van der Waals surface area contributed by atoms with Crippen LogP contribution in [0.2, 0.25) is 39.3 Å². The molecule has 0 spiro atoms. The van der Waals surface area contributed by atoms with Gasteiger partial charge in [0, 0.05) is 71.8 Å². The van der Waals surface area contributed by atoms with Crippen LogP contribution in [-0.2, 0) is 97.2 Å². The number of hydrogen-bond donors (Lipinski definition) is 3. The van der Waals surface area contributed by atoms with Gasteiger partial charge in [-0.05, 0) is 58.8 Å². The first kappa shape index (κ1) is 76.8. The fourth-order valence-corrected chi connectivity index (χ4v) is 3.69. The maximum Gasteiger partial charge on any atom is 0.129 e. The van der Waals surface area contributed by atoms with E-state index in [1.807, 2.05) is 0 Å². The number of aliphatic hydroxyl groups is 3. The number of terminal acetylenes is 1. The van der Waals surface area contributed by atoms with Crippen LogP contribution >= 0.6 is 0 Å². The van der Waals surface area contributed by atoms with Gasteiger partial charge in [-0.2, -0.15) is 0 Å². The average Bonchev–Trinajstić information content (AvgIpc) is 2.98. The molecule has 0 heterocycles. The van der Waals surface area contributed by atoms with Crippen molar-refractivity contribution in [3.05, 3.63) is 0 Å². The van der Waals surface area contributed by atoms with Crippen molar-refractivity contribution in [1.29, 1.82) is 0 Å². The van der Waals surface area contributed by atoms with E-state index in [0.717, 1.165) is 57.7 Å². The smallest absolute Gasteiger partial charge is 0.129 e. The van der Waals surface area contributed by atoms with Crippen LogP contribution in [0.1, 0.15) is 152 Å². The standard InChI is InChI=1S/C11H22OSi.2C9H16O.C6H12O.C5H10Si.CH4.H2S.S.2Y/c1-5-6-7-8-11(12)9-10-13(2,3)4;2*1-3-5-6-8-9(10)7-4-2;1-2-3-4-5-6-7;1-5-6(2,3)4;;;;;/h11-12H,5-8H2,1-4H3;2*9-10H,3,5-6,8H2,1-2H3;6H,2-5H2,1H3;1H,2-4H3;1H4;1H2;;;/q;;;;;;;-2;;/p-1. The molecule has 298 valence electrons. The predicted octanol–water partition coefficient (Wildman–Crippen LogP) is 10.3. The normalized spacial score (nSPS) is 10.5. The Bertz CT molecular complexity index is 854. The molecule has 51 heavy (non-hydrogen) atoms. The summed E-state index contributed by atoms with van der Waals surface area (Å²) in [6.45, 7) is 25.1. The van der Waals surface area contributed by atoms with Crippen molar-refractivity contribution in [3.63, 3.8) is 0 Å². The van der Waals surface area contributed by atoms with Crippen LogP contribution in [0.5, 0.6) is 0 Å². The second-order valence-electron chi connectivity index (χ2n) is 13.4. The number of carbonyl (C=O) groups is 1. The largest absolute Gasteiger partial charge is 2.00 e. The first-order chi connectivity index (χ1) is 21.5. The predicted molar refractivity (Wildman–Crippen MR) is 234 cm³/mol. The number of aldehydes is 1. The summed E-state index contributed by atoms with van der Waals surface area (Å²) in [7, 11) is -2.39. The van der Waals surface area contributed by atoms with Gasteiger partial charge in [-0.25, -0.2) is 0 Å². The minimum absolute atomic E-state index is 0. The van der Waals surface area contributed by atoms with Crippen molar-refractivity contribution in [3.8, 4) is 47.1 Å². The Labute approximate surface area is 387 Å². The molecule has 0 aliphatic rings. The van der Waals surface area contributed by atoms with E-state index >= 15 is 0 Å². The minimum atomic E-state index is -1.29. The van der Waals surface area contributed by atoms with Gasteiger partial charge in [0.2, 0.25) is 0 Å². The summed E-state index contributed by atoms with van der Waals surface area (Å²) in [5.74, 6) is 13.8. The Morgan fingerprint density at radius 2 is 0.863 bits per heavy atom. The quantitative estimate of drug-likeness (QED) is 0.0359. The monoisotopic (exact) mass is 935 g/mol. The van der Waals surface area contributed by atoms with Gasteiger partial charge in [0.1, 0.15) is 40.7 Å². The molecule has 0 amide bonds. The molecule has 0 rings (SSSR count). The van der Waals surface area contributed by atoms with E-state index in [2.05, 4.69) is 108 Å². The summed E-state index contributed by atoms with van der Waals surface area (Å²) in [5, 5.41) is 27.7. The molecule has 10 heteroatoms. The summed E-state index contributed by atoms with van der Waals surface area (Å²) >= 11 is 0. The Morgan fingerprint density at radius 3 is 1.08 bits per heavy atom. The second-order valence-corrected chi connectivity index (χ2v) is 22.9. The van der Waals surface area contributed by atoms with Gasteiger partial charge >= 0.3 is 0 Å². The van der Waals surface area contributed by atoms with Gasteiger partial charge < -0.3 is 47.1 Å². The van der Waals surface area contributed by atoms with E-state index in [1.54, 1.807) is 13.8 Å². The van der Waals surface area contributed by atoms with E-state index in [0.29, 0.717) is 0 Å². The maximum absolute atomic E-state index is 9.68. The molecule has 0 bridgehead atoms. The topological polar surface area (TPSA) is 77.8 Å². The molecule has 0 aromatic heterocycles. The van der Waals surface area contributed by atoms with Gasteiger partial charge in [-0.1, -0.05) is 144 Å². The van der Waals surface area contributed by atoms with Crippen LogP contribution in [0, 0.1) is 47.1 Å². The third kappa shape index (κ3) is 100. The van der Waals surface area contributed by atoms with E-state index in [9.17, 15) is 9.90 Å². The van der Waals surface area contributed by atoms with Crippen molar-refractivity contribution in [1.82, 2.24) is 0 Å². The van der Waals surface area contributed by atoms with Crippen molar-refractivity contribution >= 4 is 49.4 Å². The van der Waals surface area contributed by atoms with E-state index < -0.39 is 34.5 Å². The summed E-state index contributed by atoms with van der Waals surface area (Å²) in [6.07, 6.45) is 22.1. The van der Waals surface area contributed by atoms with Crippen LogP contribution in [0.4, 0.5) is 0 Å². The van der Waals surface area contributed by atoms with E-state index in [4.69, 9.17) is 16.6 Å². The molecular weight excluding hydrogens is 855 g/mol. The number of aliphatic hydroxyl groups excluding tert-OH is 3. The summed E-state index contributed by atoms with van der Waals surface area (Å²) in [5.41, 5.74) is 5.93. The summed E-state index contributed by atoms with van der Waals surface area (Å²) in [4.78, 5) is 9.68. The number of rotatable bonds is 16. The van der Waals surface area contributed by atoms with Crippen molar-refractivity contribution in [2.24, 2.45) is 0 Å². The average molecular weight is 936 g/mol. The summed E-state index contributed by atoms with van der Waals surface area (Å²) < 4.78 is 0. The minimum Gasteiger partial charge on any atom is -2.00 e. The van der Waals surface area contributed by atoms with Gasteiger partial charge in [-0.3, -0.25) is 0 Å². The SMILES string of the molecule is C.C#C[Si](C)(C)C.CC#CC(O)CCCCC.CC#CC(O)CCCCC.CCCCCC(O)C#C[Si](C)(C)C.CCCCCC=O.[S-2].[SH-].[Y].[Y]. The van der Waals surface area contributed by atoms with Gasteiger partial charge in [-0.15, -0.1) is 29.4 Å². The zero-order valence-electron chi connectivity index (χ0n) is 34.5. The molecule has 0 aliphatic carbocycles. The molecule has 4 nitrogen and oxygen atoms in total. The van der Waals surface area contributed by atoms with E-state index in [1.165, 1.54) is 51.4 Å². The first-order valence-corrected chi connectivity index (χ1v) is 24.9. The fourth-order valence-electron chi connectivity index (χ4n) is 3.09. The molecule has 3 atom stereocenters. The zero-order chi connectivity index (χ0) is 36.7. The number of thiol groups is 1. The Kier molecular flexibility index (Phi) is 90.9. The zero-order valence-corrected chi connectivity index (χ0v) is 43.8. The number of unbranched alkanes of at least 4 members (excludes halogenated alkanes) is 9. The molecule has 0 saturated carbocycles. The van der Waals surface area contributed by atoms with Crippen molar-refractivity contribution in [2.75, 3.05) is 0 Å². The maximum atomic E-state index is 9.68. The first-order valence-electron chi connectivity index (χ1n) is 17.9. The van der Waals surface area contributed by atoms with Crippen LogP contribution in [0.3, 0.4) is 0 Å². The van der Waals surface area contributed by atoms with Crippen LogP contribution < -0.4 is 0 Å². The second kappa shape index (κ2) is 60.4. The fraction of sp³-hybridized carbons (Fsp3) is 0.780. The Hall–Kier alpha value is 1.13. The molecule has 0 aromatic rings.